The normalized spacial score (nSPS) is 44.2. The lowest BCUT2D eigenvalue weighted by Gasteiger charge is -2.56. The first kappa shape index (κ1) is 16.0. The second-order valence-corrected chi connectivity index (χ2v) is 8.43. The molecule has 0 aromatic rings. The van der Waals surface area contributed by atoms with Crippen LogP contribution in [0.2, 0.25) is 0 Å². The number of carbonyl (C=O) groups excluding carboxylic acids is 3. The molecule has 5 atom stereocenters. The molecule has 4 aliphatic carbocycles. The number of fused-ring (bicyclic) bond motifs is 5. The van der Waals surface area contributed by atoms with Crippen molar-refractivity contribution in [2.75, 3.05) is 7.11 Å². The van der Waals surface area contributed by atoms with Gasteiger partial charge in [0.25, 0.3) is 0 Å². The van der Waals surface area contributed by atoms with Crippen LogP contribution in [-0.4, -0.2) is 24.6 Å². The Morgan fingerprint density at radius 1 is 1.08 bits per heavy atom. The zero-order valence-corrected chi connectivity index (χ0v) is 14.6. The van der Waals surface area contributed by atoms with Gasteiger partial charge in [-0.25, -0.2) is 0 Å². The lowest BCUT2D eigenvalue weighted by atomic mass is 9.47. The Kier molecular flexibility index (Phi) is 3.52. The topological polar surface area (TPSA) is 60.4 Å². The Balaban J connectivity index is 1.78. The highest BCUT2D eigenvalue weighted by molar-refractivity contribution is 5.95. The van der Waals surface area contributed by atoms with Crippen LogP contribution in [0, 0.1) is 28.6 Å². The van der Waals surface area contributed by atoms with E-state index >= 15 is 0 Å². The van der Waals surface area contributed by atoms with Crippen LogP contribution in [0.25, 0.3) is 0 Å². The molecule has 0 unspecified atom stereocenters. The van der Waals surface area contributed by atoms with Gasteiger partial charge in [-0.3, -0.25) is 14.4 Å². The molecule has 0 aromatic carbocycles. The van der Waals surface area contributed by atoms with Crippen molar-refractivity contribution in [3.8, 4) is 0 Å². The SMILES string of the molecule is COC(=O)[C@]12CCC(=O)C=C1CC[C@@H]1[C@@H]2CC[C@]2(C)C(=O)CC[C@@H]12. The summed E-state index contributed by atoms with van der Waals surface area (Å²) in [5, 5.41) is 0. The maximum Gasteiger partial charge on any atom is 0.316 e. The van der Waals surface area contributed by atoms with Gasteiger partial charge in [0, 0.05) is 18.3 Å². The van der Waals surface area contributed by atoms with Gasteiger partial charge in [0.2, 0.25) is 0 Å². The molecule has 0 radical (unpaired) electrons. The molecular formula is C20H26O4. The fourth-order valence-electron chi connectivity index (χ4n) is 6.56. The summed E-state index contributed by atoms with van der Waals surface area (Å²) in [6.07, 6.45) is 7.96. The van der Waals surface area contributed by atoms with Crippen molar-refractivity contribution >= 4 is 17.5 Å². The van der Waals surface area contributed by atoms with Crippen LogP contribution in [-0.2, 0) is 19.1 Å². The van der Waals surface area contributed by atoms with Gasteiger partial charge in [-0.2, -0.15) is 0 Å². The second kappa shape index (κ2) is 5.27. The zero-order valence-electron chi connectivity index (χ0n) is 14.6. The average Bonchev–Trinajstić information content (AvgIpc) is 2.89. The van der Waals surface area contributed by atoms with Gasteiger partial charge >= 0.3 is 5.97 Å². The molecule has 0 saturated heterocycles. The van der Waals surface area contributed by atoms with Gasteiger partial charge in [-0.15, -0.1) is 0 Å². The van der Waals surface area contributed by atoms with Crippen molar-refractivity contribution in [2.45, 2.75) is 58.3 Å². The van der Waals surface area contributed by atoms with Crippen LogP contribution in [0.5, 0.6) is 0 Å². The second-order valence-electron chi connectivity index (χ2n) is 8.43. The highest BCUT2D eigenvalue weighted by Gasteiger charge is 2.62. The van der Waals surface area contributed by atoms with E-state index in [0.717, 1.165) is 37.7 Å². The summed E-state index contributed by atoms with van der Waals surface area (Å²) in [6.45, 7) is 2.14. The van der Waals surface area contributed by atoms with E-state index in [1.807, 2.05) is 0 Å². The van der Waals surface area contributed by atoms with Crippen LogP contribution in [0.15, 0.2) is 11.6 Å². The summed E-state index contributed by atoms with van der Waals surface area (Å²) in [5.74, 6) is 1.41. The zero-order chi connectivity index (χ0) is 17.1. The Labute approximate surface area is 143 Å². The Bertz CT molecular complexity index is 648. The van der Waals surface area contributed by atoms with Gasteiger partial charge in [-0.1, -0.05) is 6.92 Å². The monoisotopic (exact) mass is 330 g/mol. The van der Waals surface area contributed by atoms with Crippen LogP contribution in [0.4, 0.5) is 0 Å². The molecule has 0 bridgehead atoms. The standard InChI is InChI=1S/C20H26O4/c1-19-9-8-16-14(15(19)5-6-17(19)22)4-3-12-11-13(21)7-10-20(12,16)18(23)24-2/h11,14-16H,3-10H2,1-2H3/t14-,15-,16-,19-,20+/m0/s1. The summed E-state index contributed by atoms with van der Waals surface area (Å²) in [4.78, 5) is 37.3. The first-order chi connectivity index (χ1) is 11.4. The molecule has 3 fully saturated rings. The third-order valence-electron chi connectivity index (χ3n) is 7.75. The van der Waals surface area contributed by atoms with E-state index in [4.69, 9.17) is 4.74 Å². The van der Waals surface area contributed by atoms with E-state index in [2.05, 4.69) is 6.92 Å². The molecule has 0 amide bonds. The summed E-state index contributed by atoms with van der Waals surface area (Å²) in [7, 11) is 1.46. The van der Waals surface area contributed by atoms with Crippen molar-refractivity contribution in [1.82, 2.24) is 0 Å². The minimum atomic E-state index is -0.613. The predicted molar refractivity (Wildman–Crippen MR) is 88.1 cm³/mol. The van der Waals surface area contributed by atoms with Gasteiger partial charge in [0.05, 0.1) is 12.5 Å². The molecule has 130 valence electrons. The molecule has 0 aliphatic heterocycles. The first-order valence-corrected chi connectivity index (χ1v) is 9.29. The van der Waals surface area contributed by atoms with Gasteiger partial charge < -0.3 is 4.74 Å². The molecule has 0 N–H and O–H groups in total. The van der Waals surface area contributed by atoms with E-state index in [1.165, 1.54) is 7.11 Å². The van der Waals surface area contributed by atoms with Crippen molar-refractivity contribution in [3.05, 3.63) is 11.6 Å². The number of carbonyl (C=O) groups is 3. The summed E-state index contributed by atoms with van der Waals surface area (Å²) >= 11 is 0. The maximum atomic E-state index is 12.9. The van der Waals surface area contributed by atoms with Gasteiger partial charge in [-0.05, 0) is 67.9 Å². The maximum absolute atomic E-state index is 12.9. The van der Waals surface area contributed by atoms with E-state index in [9.17, 15) is 14.4 Å². The molecule has 0 heterocycles. The smallest absolute Gasteiger partial charge is 0.316 e. The summed E-state index contributed by atoms with van der Waals surface area (Å²) < 4.78 is 5.23. The van der Waals surface area contributed by atoms with E-state index in [1.54, 1.807) is 6.08 Å². The third-order valence-corrected chi connectivity index (χ3v) is 7.75. The fourth-order valence-corrected chi connectivity index (χ4v) is 6.56. The number of ketones is 2. The molecule has 0 spiro atoms. The Morgan fingerprint density at radius 3 is 2.62 bits per heavy atom. The van der Waals surface area contributed by atoms with E-state index < -0.39 is 5.41 Å². The molecular weight excluding hydrogens is 304 g/mol. The quantitative estimate of drug-likeness (QED) is 0.693. The minimum absolute atomic E-state index is 0.139. The molecule has 0 aromatic heterocycles. The van der Waals surface area contributed by atoms with Crippen molar-refractivity contribution in [1.29, 1.82) is 0 Å². The number of methoxy groups -OCH3 is 1. The molecule has 4 heteroatoms. The number of hydrogen-bond acceptors (Lipinski definition) is 4. The lowest BCUT2D eigenvalue weighted by molar-refractivity contribution is -0.163. The van der Waals surface area contributed by atoms with Gasteiger partial charge in [0.15, 0.2) is 5.78 Å². The third kappa shape index (κ3) is 1.89. The Hall–Kier alpha value is -1.45. The Morgan fingerprint density at radius 2 is 1.88 bits per heavy atom. The molecule has 3 saturated carbocycles. The first-order valence-electron chi connectivity index (χ1n) is 9.29. The van der Waals surface area contributed by atoms with Crippen LogP contribution in [0.3, 0.4) is 0 Å². The average molecular weight is 330 g/mol. The lowest BCUT2D eigenvalue weighted by Crippen LogP contribution is -2.55. The number of hydrogen-bond donors (Lipinski definition) is 0. The van der Waals surface area contributed by atoms with Crippen LogP contribution < -0.4 is 0 Å². The fraction of sp³-hybridized carbons (Fsp3) is 0.750. The summed E-state index contributed by atoms with van der Waals surface area (Å²) in [6, 6.07) is 0. The molecule has 4 rings (SSSR count). The van der Waals surface area contributed by atoms with E-state index in [-0.39, 0.29) is 23.1 Å². The number of esters is 1. The summed E-state index contributed by atoms with van der Waals surface area (Å²) in [5.41, 5.74) is 0.197. The number of rotatable bonds is 1. The highest BCUT2D eigenvalue weighted by Crippen LogP contribution is 2.64. The number of Topliss-reactive ketones (excluding diaryl/α,β-unsaturated/α-hetero) is 1. The largest absolute Gasteiger partial charge is 0.468 e. The molecule has 4 nitrogen and oxygen atoms in total. The van der Waals surface area contributed by atoms with Crippen LogP contribution >= 0.6 is 0 Å². The molecule has 24 heavy (non-hydrogen) atoms. The van der Waals surface area contributed by atoms with Gasteiger partial charge in [0.1, 0.15) is 5.78 Å². The van der Waals surface area contributed by atoms with E-state index in [0.29, 0.717) is 36.9 Å². The minimum Gasteiger partial charge on any atom is -0.468 e. The highest BCUT2D eigenvalue weighted by atomic mass is 16.5. The predicted octanol–water partition coefficient (Wildman–Crippen LogP) is 3.24. The van der Waals surface area contributed by atoms with Crippen molar-refractivity contribution in [2.24, 2.45) is 28.6 Å². The number of ether oxygens (including phenoxy) is 1. The van der Waals surface area contributed by atoms with Crippen molar-refractivity contribution < 1.29 is 19.1 Å². The van der Waals surface area contributed by atoms with Crippen molar-refractivity contribution in [3.63, 3.8) is 0 Å². The molecule has 4 aliphatic rings. The van der Waals surface area contributed by atoms with Crippen LogP contribution in [0.1, 0.15) is 58.3 Å².